The lowest BCUT2D eigenvalue weighted by atomic mass is 10.3. The molecule has 0 saturated heterocycles. The highest BCUT2D eigenvalue weighted by Crippen LogP contribution is 2.05. The quantitative estimate of drug-likeness (QED) is 0.393. The lowest BCUT2D eigenvalue weighted by Gasteiger charge is -2.09. The first-order chi connectivity index (χ1) is 7.63. The van der Waals surface area contributed by atoms with Crippen LogP contribution in [0.2, 0.25) is 0 Å². The smallest absolute Gasteiger partial charge is 0.389 e. The molecule has 1 atom stereocenters. The van der Waals surface area contributed by atoms with Gasteiger partial charge in [-0.15, -0.1) is 0 Å². The molecule has 2 N–H and O–H groups in total. The first kappa shape index (κ1) is 12.6. The lowest BCUT2D eigenvalue weighted by molar-refractivity contribution is -0.389. The van der Waals surface area contributed by atoms with Crippen LogP contribution in [0, 0.1) is 10.1 Å². The first-order valence-corrected chi connectivity index (χ1v) is 5.20. The Kier molecular flexibility index (Phi) is 4.87. The Bertz CT molecular complexity index is 339. The van der Waals surface area contributed by atoms with Crippen LogP contribution >= 0.6 is 0 Å². The fraction of sp³-hybridized carbons (Fsp3) is 0.667. The molecule has 16 heavy (non-hydrogen) atoms. The minimum Gasteiger partial charge on any atom is -0.390 e. The van der Waals surface area contributed by atoms with Crippen LogP contribution in [0.5, 0.6) is 0 Å². The van der Waals surface area contributed by atoms with E-state index in [1.54, 1.807) is 0 Å². The maximum atomic E-state index is 10.4. The molecule has 0 aliphatic rings. The molecule has 0 spiro atoms. The van der Waals surface area contributed by atoms with Gasteiger partial charge in [-0.25, -0.2) is 0 Å². The third-order valence-electron chi connectivity index (χ3n) is 2.02. The normalized spacial score (nSPS) is 12.6. The fourth-order valence-corrected chi connectivity index (χ4v) is 1.28. The van der Waals surface area contributed by atoms with Gasteiger partial charge in [-0.1, -0.05) is 6.92 Å². The molecule has 0 aromatic carbocycles. The maximum Gasteiger partial charge on any atom is 0.389 e. The summed E-state index contributed by atoms with van der Waals surface area (Å²) in [5, 5.41) is 26.7. The Hall–Kier alpha value is -1.47. The van der Waals surface area contributed by atoms with Gasteiger partial charge >= 0.3 is 5.82 Å². The van der Waals surface area contributed by atoms with Crippen LogP contribution in [-0.2, 0) is 6.54 Å². The second-order valence-corrected chi connectivity index (χ2v) is 3.51. The molecule has 0 aliphatic heterocycles. The van der Waals surface area contributed by atoms with E-state index in [1.165, 1.54) is 16.9 Å². The summed E-state index contributed by atoms with van der Waals surface area (Å²) < 4.78 is 1.37. The maximum absolute atomic E-state index is 10.4. The molecule has 0 bridgehead atoms. The minimum absolute atomic E-state index is 0.200. The zero-order valence-corrected chi connectivity index (χ0v) is 9.17. The summed E-state index contributed by atoms with van der Waals surface area (Å²) in [5.74, 6) is -0.200. The Balaban J connectivity index is 2.37. The van der Waals surface area contributed by atoms with E-state index in [4.69, 9.17) is 0 Å². The number of hydrogen-bond donors (Lipinski definition) is 2. The highest BCUT2D eigenvalue weighted by molar-refractivity contribution is 5.13. The number of aliphatic hydroxyl groups is 1. The molecule has 0 amide bonds. The van der Waals surface area contributed by atoms with Crippen molar-refractivity contribution in [3.8, 4) is 0 Å². The van der Waals surface area contributed by atoms with Crippen molar-refractivity contribution in [2.75, 3.05) is 13.1 Å². The average molecular weight is 228 g/mol. The number of nitrogens with one attached hydrogen (secondary N) is 1. The molecule has 1 aromatic heterocycles. The van der Waals surface area contributed by atoms with Crippen molar-refractivity contribution in [2.45, 2.75) is 26.0 Å². The second kappa shape index (κ2) is 6.19. The predicted octanol–water partition coefficient (Wildman–Crippen LogP) is 0.152. The zero-order valence-electron chi connectivity index (χ0n) is 9.17. The number of aromatic nitrogens is 2. The van der Waals surface area contributed by atoms with Gasteiger partial charge in [0.2, 0.25) is 0 Å². The summed E-state index contributed by atoms with van der Waals surface area (Å²) in [5.41, 5.74) is 0. The molecular weight excluding hydrogens is 212 g/mol. The second-order valence-electron chi connectivity index (χ2n) is 3.51. The first-order valence-electron chi connectivity index (χ1n) is 5.20. The van der Waals surface area contributed by atoms with E-state index in [1.807, 2.05) is 6.92 Å². The van der Waals surface area contributed by atoms with Crippen molar-refractivity contribution < 1.29 is 10.0 Å². The van der Waals surface area contributed by atoms with Gasteiger partial charge in [0.05, 0.1) is 30.0 Å². The van der Waals surface area contributed by atoms with E-state index in [0.717, 1.165) is 13.0 Å². The summed E-state index contributed by atoms with van der Waals surface area (Å²) >= 11 is 0. The van der Waals surface area contributed by atoms with Crippen LogP contribution in [0.1, 0.15) is 13.3 Å². The van der Waals surface area contributed by atoms with E-state index in [9.17, 15) is 15.2 Å². The number of aliphatic hydroxyl groups excluding tert-OH is 1. The van der Waals surface area contributed by atoms with E-state index in [-0.39, 0.29) is 12.4 Å². The fourth-order valence-electron chi connectivity index (χ4n) is 1.28. The Labute approximate surface area is 93.2 Å². The van der Waals surface area contributed by atoms with Crippen molar-refractivity contribution in [3.63, 3.8) is 0 Å². The van der Waals surface area contributed by atoms with Gasteiger partial charge in [0, 0.05) is 6.54 Å². The van der Waals surface area contributed by atoms with Gasteiger partial charge < -0.3 is 20.5 Å². The Morgan fingerprint density at radius 3 is 3.06 bits per heavy atom. The van der Waals surface area contributed by atoms with Crippen LogP contribution in [0.3, 0.4) is 0 Å². The standard InChI is InChI=1S/C9H16N4O3/c1-2-4-10-6-8(14)7-12-5-3-9(11-12)13(15)16/h3,5,8,10,14H,2,4,6-7H2,1H3. The van der Waals surface area contributed by atoms with Crippen LogP contribution in [-0.4, -0.2) is 39.0 Å². The predicted molar refractivity (Wildman–Crippen MR) is 58.0 cm³/mol. The van der Waals surface area contributed by atoms with Crippen molar-refractivity contribution in [1.29, 1.82) is 0 Å². The molecule has 0 aliphatic carbocycles. The molecular formula is C9H16N4O3. The molecule has 0 fully saturated rings. The van der Waals surface area contributed by atoms with Gasteiger partial charge in [0.15, 0.2) is 0 Å². The highest BCUT2D eigenvalue weighted by Gasteiger charge is 2.13. The van der Waals surface area contributed by atoms with Gasteiger partial charge in [0.25, 0.3) is 0 Å². The Morgan fingerprint density at radius 1 is 1.75 bits per heavy atom. The van der Waals surface area contributed by atoms with Gasteiger partial charge in [-0.05, 0) is 17.9 Å². The van der Waals surface area contributed by atoms with E-state index >= 15 is 0 Å². The van der Waals surface area contributed by atoms with Crippen molar-refractivity contribution in [1.82, 2.24) is 15.1 Å². The highest BCUT2D eigenvalue weighted by atomic mass is 16.6. The van der Waals surface area contributed by atoms with Crippen molar-refractivity contribution in [2.24, 2.45) is 0 Å². The molecule has 90 valence electrons. The number of nitrogens with zero attached hydrogens (tertiary/aromatic N) is 3. The van der Waals surface area contributed by atoms with E-state index in [0.29, 0.717) is 6.54 Å². The summed E-state index contributed by atoms with van der Waals surface area (Å²) in [6.45, 7) is 3.60. The number of nitro groups is 1. The average Bonchev–Trinajstić information content (AvgIpc) is 2.66. The van der Waals surface area contributed by atoms with Gasteiger partial charge in [-0.2, -0.15) is 4.68 Å². The molecule has 1 unspecified atom stereocenters. The molecule has 1 heterocycles. The molecule has 0 radical (unpaired) electrons. The van der Waals surface area contributed by atoms with E-state index < -0.39 is 11.0 Å². The monoisotopic (exact) mass is 228 g/mol. The largest absolute Gasteiger partial charge is 0.390 e. The van der Waals surface area contributed by atoms with Crippen LogP contribution in [0.15, 0.2) is 12.3 Å². The lowest BCUT2D eigenvalue weighted by Crippen LogP contribution is -2.30. The molecule has 7 heteroatoms. The molecule has 1 rings (SSSR count). The van der Waals surface area contributed by atoms with Crippen LogP contribution in [0.4, 0.5) is 5.82 Å². The van der Waals surface area contributed by atoms with Crippen LogP contribution in [0.25, 0.3) is 0 Å². The summed E-state index contributed by atoms with van der Waals surface area (Å²) in [6.07, 6.45) is 1.90. The minimum atomic E-state index is -0.592. The SMILES string of the molecule is CCCNCC(O)Cn1ccc([N+](=O)[O-])n1. The van der Waals surface area contributed by atoms with Gasteiger partial charge in [-0.3, -0.25) is 0 Å². The third kappa shape index (κ3) is 3.95. The summed E-state index contributed by atoms with van der Waals surface area (Å²) in [4.78, 5) is 9.81. The van der Waals surface area contributed by atoms with Crippen molar-refractivity contribution in [3.05, 3.63) is 22.4 Å². The topological polar surface area (TPSA) is 93.2 Å². The number of rotatable bonds is 7. The van der Waals surface area contributed by atoms with Crippen LogP contribution < -0.4 is 5.32 Å². The summed E-state index contributed by atoms with van der Waals surface area (Å²) in [7, 11) is 0. The molecule has 0 saturated carbocycles. The summed E-state index contributed by atoms with van der Waals surface area (Å²) in [6, 6.07) is 1.31. The Morgan fingerprint density at radius 2 is 2.50 bits per heavy atom. The number of hydrogen-bond acceptors (Lipinski definition) is 5. The van der Waals surface area contributed by atoms with Crippen molar-refractivity contribution >= 4 is 5.82 Å². The van der Waals surface area contributed by atoms with E-state index in [2.05, 4.69) is 10.4 Å². The van der Waals surface area contributed by atoms with Gasteiger partial charge in [0.1, 0.15) is 0 Å². The molecule has 1 aromatic rings. The third-order valence-corrected chi connectivity index (χ3v) is 2.02. The zero-order chi connectivity index (χ0) is 12.0. The molecule has 7 nitrogen and oxygen atoms in total.